The predicted octanol–water partition coefficient (Wildman–Crippen LogP) is 6.48. The molecule has 0 nitrogen and oxygen atoms in total. The van der Waals surface area contributed by atoms with E-state index in [9.17, 15) is 0 Å². The molecule has 3 rings (SSSR count). The largest absolute Gasteiger partial charge is 0.0840 e. The Morgan fingerprint density at radius 3 is 2.52 bits per heavy atom. The van der Waals surface area contributed by atoms with Crippen LogP contribution in [-0.4, -0.2) is 0 Å². The van der Waals surface area contributed by atoms with Crippen LogP contribution in [0.4, 0.5) is 0 Å². The summed E-state index contributed by atoms with van der Waals surface area (Å²) in [5, 5.41) is 3.40. The van der Waals surface area contributed by atoms with Crippen LogP contribution in [0.15, 0.2) is 60.7 Å². The van der Waals surface area contributed by atoms with Gasteiger partial charge in [0.15, 0.2) is 0 Å². The molecule has 0 aliphatic rings. The molecule has 1 unspecified atom stereocenters. The highest BCUT2D eigenvalue weighted by atomic mass is 79.9. The van der Waals surface area contributed by atoms with E-state index in [4.69, 9.17) is 11.6 Å². The molecule has 0 saturated heterocycles. The minimum Gasteiger partial charge on any atom is -0.0840 e. The summed E-state index contributed by atoms with van der Waals surface area (Å²) in [4.78, 5) is 0.275. The zero-order valence-electron chi connectivity index (χ0n) is 11.8. The van der Waals surface area contributed by atoms with Crippen molar-refractivity contribution in [3.05, 3.63) is 82.4 Å². The lowest BCUT2D eigenvalue weighted by molar-refractivity contribution is 0.940. The fourth-order valence-electron chi connectivity index (χ4n) is 2.65. The molecule has 0 radical (unpaired) electrons. The minimum absolute atomic E-state index is 0.275. The molecule has 106 valence electrons. The number of hydrogen-bond donors (Lipinski definition) is 0. The van der Waals surface area contributed by atoms with Gasteiger partial charge >= 0.3 is 0 Å². The van der Waals surface area contributed by atoms with Crippen molar-refractivity contribution in [1.29, 1.82) is 0 Å². The molecule has 1 atom stereocenters. The highest BCUT2D eigenvalue weighted by Gasteiger charge is 2.12. The highest BCUT2D eigenvalue weighted by Crippen LogP contribution is 2.33. The van der Waals surface area contributed by atoms with Crippen LogP contribution in [0.3, 0.4) is 0 Å². The SMILES string of the molecule is Cc1c(Cl)cccc1C(Br)Cc1ccc2ccccc2c1. The first kappa shape index (κ1) is 14.6. The lowest BCUT2D eigenvalue weighted by atomic mass is 9.98. The van der Waals surface area contributed by atoms with E-state index in [0.717, 1.165) is 17.0 Å². The molecular formula is C19H16BrCl. The van der Waals surface area contributed by atoms with Crippen LogP contribution in [0, 0.1) is 6.92 Å². The number of hydrogen-bond acceptors (Lipinski definition) is 0. The van der Waals surface area contributed by atoms with Crippen LogP contribution in [0.1, 0.15) is 21.5 Å². The molecule has 3 aromatic rings. The Morgan fingerprint density at radius 1 is 0.952 bits per heavy atom. The van der Waals surface area contributed by atoms with Gasteiger partial charge in [-0.25, -0.2) is 0 Å². The van der Waals surface area contributed by atoms with Crippen LogP contribution < -0.4 is 0 Å². The Morgan fingerprint density at radius 2 is 1.71 bits per heavy atom. The normalized spacial score (nSPS) is 12.5. The second-order valence-corrected chi connectivity index (χ2v) is 6.82. The summed E-state index contributed by atoms with van der Waals surface area (Å²) in [6, 6.07) is 21.2. The Bertz CT molecular complexity index is 779. The molecule has 0 heterocycles. The summed E-state index contributed by atoms with van der Waals surface area (Å²) in [5.41, 5.74) is 3.74. The Balaban J connectivity index is 1.89. The number of benzene rings is 3. The van der Waals surface area contributed by atoms with E-state index in [0.29, 0.717) is 0 Å². The van der Waals surface area contributed by atoms with Crippen LogP contribution in [0.25, 0.3) is 10.8 Å². The standard InChI is InChI=1S/C19H16BrCl/c1-13-17(7-4-8-19(13)21)18(20)12-14-9-10-15-5-2-3-6-16(15)11-14/h2-11,18H,12H2,1H3. The average Bonchev–Trinajstić information content (AvgIpc) is 2.50. The molecule has 0 amide bonds. The van der Waals surface area contributed by atoms with Gasteiger partial charge in [0.05, 0.1) is 0 Å². The average molecular weight is 360 g/mol. The summed E-state index contributed by atoms with van der Waals surface area (Å²) < 4.78 is 0. The molecule has 0 spiro atoms. The Kier molecular flexibility index (Phi) is 4.32. The summed E-state index contributed by atoms with van der Waals surface area (Å²) in [5.74, 6) is 0. The summed E-state index contributed by atoms with van der Waals surface area (Å²) in [6.45, 7) is 2.08. The van der Waals surface area contributed by atoms with Gasteiger partial charge in [0.1, 0.15) is 0 Å². The Labute approximate surface area is 138 Å². The van der Waals surface area contributed by atoms with Crippen molar-refractivity contribution in [3.63, 3.8) is 0 Å². The smallest absolute Gasteiger partial charge is 0.0438 e. The Hall–Kier alpha value is -1.31. The van der Waals surface area contributed by atoms with E-state index in [2.05, 4.69) is 71.4 Å². The first-order chi connectivity index (χ1) is 10.1. The van der Waals surface area contributed by atoms with Crippen molar-refractivity contribution < 1.29 is 0 Å². The van der Waals surface area contributed by atoms with Gasteiger partial charge in [-0.05, 0) is 46.9 Å². The lowest BCUT2D eigenvalue weighted by Crippen LogP contribution is -1.98. The number of rotatable bonds is 3. The lowest BCUT2D eigenvalue weighted by Gasteiger charge is -2.14. The fourth-order valence-corrected chi connectivity index (χ4v) is 3.70. The third-order valence-electron chi connectivity index (χ3n) is 3.88. The second-order valence-electron chi connectivity index (χ2n) is 5.31. The van der Waals surface area contributed by atoms with Gasteiger partial charge in [0.25, 0.3) is 0 Å². The molecule has 0 aliphatic heterocycles. The van der Waals surface area contributed by atoms with Crippen LogP contribution in [0.2, 0.25) is 5.02 Å². The van der Waals surface area contributed by atoms with Crippen LogP contribution >= 0.6 is 27.5 Å². The summed E-state index contributed by atoms with van der Waals surface area (Å²) >= 11 is 10.0. The van der Waals surface area contributed by atoms with Crippen molar-refractivity contribution in [2.45, 2.75) is 18.2 Å². The molecule has 0 fully saturated rings. The number of fused-ring (bicyclic) bond motifs is 1. The van der Waals surface area contributed by atoms with E-state index >= 15 is 0 Å². The van der Waals surface area contributed by atoms with E-state index in [1.54, 1.807) is 0 Å². The van der Waals surface area contributed by atoms with Crippen molar-refractivity contribution in [2.24, 2.45) is 0 Å². The molecule has 0 saturated carbocycles. The first-order valence-corrected chi connectivity index (χ1v) is 8.31. The van der Waals surface area contributed by atoms with Gasteiger partial charge in [-0.1, -0.05) is 82.1 Å². The van der Waals surface area contributed by atoms with Crippen molar-refractivity contribution in [1.82, 2.24) is 0 Å². The number of alkyl halides is 1. The maximum Gasteiger partial charge on any atom is 0.0438 e. The zero-order chi connectivity index (χ0) is 14.8. The maximum atomic E-state index is 6.22. The van der Waals surface area contributed by atoms with Gasteiger partial charge in [0, 0.05) is 9.85 Å². The molecular weight excluding hydrogens is 344 g/mol. The highest BCUT2D eigenvalue weighted by molar-refractivity contribution is 9.09. The molecule has 2 heteroatoms. The van der Waals surface area contributed by atoms with Gasteiger partial charge in [-0.15, -0.1) is 0 Å². The maximum absolute atomic E-state index is 6.22. The van der Waals surface area contributed by atoms with Gasteiger partial charge in [0.2, 0.25) is 0 Å². The summed E-state index contributed by atoms with van der Waals surface area (Å²) in [7, 11) is 0. The first-order valence-electron chi connectivity index (χ1n) is 7.02. The zero-order valence-corrected chi connectivity index (χ0v) is 14.2. The van der Waals surface area contributed by atoms with Gasteiger partial charge in [-0.3, -0.25) is 0 Å². The van der Waals surface area contributed by atoms with Crippen LogP contribution in [0.5, 0.6) is 0 Å². The van der Waals surface area contributed by atoms with Crippen molar-refractivity contribution >= 4 is 38.3 Å². The quantitative estimate of drug-likeness (QED) is 0.469. The van der Waals surface area contributed by atoms with Crippen molar-refractivity contribution in [3.8, 4) is 0 Å². The second kappa shape index (κ2) is 6.21. The third kappa shape index (κ3) is 3.14. The van der Waals surface area contributed by atoms with E-state index < -0.39 is 0 Å². The number of halogens is 2. The monoisotopic (exact) mass is 358 g/mol. The molecule has 0 aliphatic carbocycles. The van der Waals surface area contributed by atoms with Gasteiger partial charge < -0.3 is 0 Å². The van der Waals surface area contributed by atoms with E-state index in [1.807, 2.05) is 12.1 Å². The molecule has 0 N–H and O–H groups in total. The summed E-state index contributed by atoms with van der Waals surface area (Å²) in [6.07, 6.45) is 0.950. The predicted molar refractivity (Wildman–Crippen MR) is 95.5 cm³/mol. The fraction of sp³-hybridized carbons (Fsp3) is 0.158. The molecule has 21 heavy (non-hydrogen) atoms. The van der Waals surface area contributed by atoms with Crippen molar-refractivity contribution in [2.75, 3.05) is 0 Å². The third-order valence-corrected chi connectivity index (χ3v) is 5.10. The van der Waals surface area contributed by atoms with E-state index in [1.165, 1.54) is 21.9 Å². The topological polar surface area (TPSA) is 0 Å². The molecule has 0 bridgehead atoms. The molecule has 0 aromatic heterocycles. The minimum atomic E-state index is 0.275. The molecule has 3 aromatic carbocycles. The van der Waals surface area contributed by atoms with Gasteiger partial charge in [-0.2, -0.15) is 0 Å². The van der Waals surface area contributed by atoms with E-state index in [-0.39, 0.29) is 4.83 Å². The van der Waals surface area contributed by atoms with Crippen LogP contribution in [-0.2, 0) is 6.42 Å².